The van der Waals surface area contributed by atoms with Crippen molar-refractivity contribution in [3.63, 3.8) is 0 Å². The molecule has 0 aromatic heterocycles. The molecule has 6 nitrogen and oxygen atoms in total. The van der Waals surface area contributed by atoms with Gasteiger partial charge in [0.15, 0.2) is 5.96 Å². The van der Waals surface area contributed by atoms with Crippen LogP contribution in [0.15, 0.2) is 29.3 Å². The highest BCUT2D eigenvalue weighted by molar-refractivity contribution is 14.0. The zero-order valence-electron chi connectivity index (χ0n) is 19.3. The normalized spacial score (nSPS) is 16.4. The number of morpholine rings is 1. The van der Waals surface area contributed by atoms with Crippen LogP contribution in [0.3, 0.4) is 0 Å². The average Bonchev–Trinajstić information content (AvgIpc) is 2.72. The lowest BCUT2D eigenvalue weighted by Crippen LogP contribution is -2.50. The number of nitrogens with one attached hydrogen (secondary N) is 2. The number of benzene rings is 1. The van der Waals surface area contributed by atoms with Crippen molar-refractivity contribution < 1.29 is 9.47 Å². The number of hydrogen-bond donors (Lipinski definition) is 2. The van der Waals surface area contributed by atoms with Crippen LogP contribution in [0.4, 0.5) is 0 Å². The molecular formula is C23H41IN4O2. The fourth-order valence-electron chi connectivity index (χ4n) is 3.49. The van der Waals surface area contributed by atoms with Crippen LogP contribution < -0.4 is 10.6 Å². The Labute approximate surface area is 200 Å². The van der Waals surface area contributed by atoms with Crippen LogP contribution in [-0.2, 0) is 22.6 Å². The molecule has 0 aliphatic carbocycles. The van der Waals surface area contributed by atoms with Crippen molar-refractivity contribution in [3.05, 3.63) is 35.4 Å². The van der Waals surface area contributed by atoms with E-state index in [4.69, 9.17) is 9.47 Å². The lowest BCUT2D eigenvalue weighted by Gasteiger charge is -2.35. The highest BCUT2D eigenvalue weighted by Gasteiger charge is 2.22. The van der Waals surface area contributed by atoms with Crippen molar-refractivity contribution >= 4 is 29.9 Å². The van der Waals surface area contributed by atoms with E-state index in [1.807, 2.05) is 7.05 Å². The smallest absolute Gasteiger partial charge is 0.191 e. The summed E-state index contributed by atoms with van der Waals surface area (Å²) in [6, 6.07) is 9.06. The minimum absolute atomic E-state index is 0. The van der Waals surface area contributed by atoms with E-state index in [-0.39, 0.29) is 30.1 Å². The second-order valence-electron chi connectivity index (χ2n) is 8.41. The van der Waals surface area contributed by atoms with E-state index in [1.165, 1.54) is 17.5 Å². The Kier molecular flexibility index (Phi) is 13.6. The predicted octanol–water partition coefficient (Wildman–Crippen LogP) is 3.64. The molecule has 1 aliphatic rings. The van der Waals surface area contributed by atoms with Crippen molar-refractivity contribution in [1.82, 2.24) is 15.5 Å². The molecule has 1 atom stereocenters. The summed E-state index contributed by atoms with van der Waals surface area (Å²) in [4.78, 5) is 6.94. The first-order valence-electron chi connectivity index (χ1n) is 10.9. The molecule has 1 aliphatic heterocycles. The third-order valence-electron chi connectivity index (χ3n) is 5.10. The Morgan fingerprint density at radius 2 is 1.70 bits per heavy atom. The van der Waals surface area contributed by atoms with Gasteiger partial charge in [-0.25, -0.2) is 0 Å². The summed E-state index contributed by atoms with van der Waals surface area (Å²) >= 11 is 0. The maximum absolute atomic E-state index is 5.66. The Bertz CT molecular complexity index is 602. The summed E-state index contributed by atoms with van der Waals surface area (Å²) in [6.07, 6.45) is 1.42. The van der Waals surface area contributed by atoms with Gasteiger partial charge in [-0.15, -0.1) is 24.0 Å². The second-order valence-corrected chi connectivity index (χ2v) is 8.41. The van der Waals surface area contributed by atoms with Gasteiger partial charge in [0.2, 0.25) is 0 Å². The summed E-state index contributed by atoms with van der Waals surface area (Å²) in [5.41, 5.74) is 2.43. The van der Waals surface area contributed by atoms with Crippen LogP contribution in [0, 0.1) is 5.92 Å². The lowest BCUT2D eigenvalue weighted by atomic mass is 10.0. The molecule has 30 heavy (non-hydrogen) atoms. The Balaban J connectivity index is 0.00000450. The Morgan fingerprint density at radius 1 is 1.07 bits per heavy atom. The lowest BCUT2D eigenvalue weighted by molar-refractivity contribution is 0.0132. The van der Waals surface area contributed by atoms with Gasteiger partial charge >= 0.3 is 0 Å². The quantitative estimate of drug-likeness (QED) is 0.274. The van der Waals surface area contributed by atoms with Gasteiger partial charge in [0.1, 0.15) is 0 Å². The van der Waals surface area contributed by atoms with Crippen molar-refractivity contribution in [1.29, 1.82) is 0 Å². The van der Waals surface area contributed by atoms with Gasteiger partial charge in [-0.05, 0) is 37.3 Å². The van der Waals surface area contributed by atoms with Gasteiger partial charge in [-0.3, -0.25) is 9.89 Å². The van der Waals surface area contributed by atoms with Crippen molar-refractivity contribution in [2.45, 2.75) is 59.4 Å². The largest absolute Gasteiger partial charge is 0.379 e. The molecule has 1 heterocycles. The first kappa shape index (κ1) is 27.1. The molecule has 1 aromatic rings. The summed E-state index contributed by atoms with van der Waals surface area (Å²) in [7, 11) is 1.83. The van der Waals surface area contributed by atoms with E-state index < -0.39 is 0 Å². The molecule has 1 aromatic carbocycles. The zero-order valence-corrected chi connectivity index (χ0v) is 21.6. The maximum atomic E-state index is 5.66. The number of ether oxygens (including phenoxy) is 2. The summed E-state index contributed by atoms with van der Waals surface area (Å²) < 4.78 is 11.2. The van der Waals surface area contributed by atoms with E-state index in [2.05, 4.69) is 72.5 Å². The Morgan fingerprint density at radius 3 is 2.27 bits per heavy atom. The summed E-state index contributed by atoms with van der Waals surface area (Å²) in [6.45, 7) is 14.7. The third kappa shape index (κ3) is 10.4. The van der Waals surface area contributed by atoms with E-state index in [0.717, 1.165) is 45.4 Å². The van der Waals surface area contributed by atoms with Crippen LogP contribution >= 0.6 is 24.0 Å². The molecule has 2 N–H and O–H groups in total. The fraction of sp³-hybridized carbons (Fsp3) is 0.696. The van der Waals surface area contributed by atoms with E-state index in [0.29, 0.717) is 18.6 Å². The van der Waals surface area contributed by atoms with Gasteiger partial charge in [-0.2, -0.15) is 0 Å². The molecule has 2 rings (SSSR count). The molecule has 0 spiro atoms. The molecule has 172 valence electrons. The number of guanidine groups is 1. The highest BCUT2D eigenvalue weighted by Crippen LogP contribution is 2.13. The number of halogens is 1. The standard InChI is InChI=1S/C23H40N4O2.HI/c1-18(2)14-22(27-10-12-28-13-11-27)16-26-23(24-5)25-15-20-6-8-21(9-7-20)17-29-19(3)4;/h6-9,18-19,22H,10-17H2,1-5H3,(H2,24,25,26);1H. The van der Waals surface area contributed by atoms with Crippen LogP contribution in [0.2, 0.25) is 0 Å². The number of hydrogen-bond acceptors (Lipinski definition) is 4. The first-order chi connectivity index (χ1) is 14.0. The number of nitrogens with zero attached hydrogens (tertiary/aromatic N) is 2. The molecule has 1 saturated heterocycles. The first-order valence-corrected chi connectivity index (χ1v) is 10.9. The monoisotopic (exact) mass is 532 g/mol. The van der Waals surface area contributed by atoms with E-state index >= 15 is 0 Å². The molecule has 0 radical (unpaired) electrons. The van der Waals surface area contributed by atoms with E-state index in [9.17, 15) is 0 Å². The molecule has 0 amide bonds. The van der Waals surface area contributed by atoms with Gasteiger partial charge < -0.3 is 20.1 Å². The van der Waals surface area contributed by atoms with E-state index in [1.54, 1.807) is 0 Å². The zero-order chi connectivity index (χ0) is 21.1. The molecule has 7 heteroatoms. The summed E-state index contributed by atoms with van der Waals surface area (Å²) in [5, 5.41) is 6.95. The van der Waals surface area contributed by atoms with Gasteiger partial charge in [0.25, 0.3) is 0 Å². The van der Waals surface area contributed by atoms with Crippen LogP contribution in [-0.4, -0.2) is 62.9 Å². The molecule has 0 bridgehead atoms. The van der Waals surface area contributed by atoms with Crippen molar-refractivity contribution in [2.75, 3.05) is 39.9 Å². The Hall–Kier alpha value is -0.900. The van der Waals surface area contributed by atoms with Gasteiger partial charge in [0, 0.05) is 39.3 Å². The highest BCUT2D eigenvalue weighted by atomic mass is 127. The van der Waals surface area contributed by atoms with Crippen molar-refractivity contribution in [3.8, 4) is 0 Å². The molecule has 1 fully saturated rings. The minimum atomic E-state index is 0. The fourth-order valence-corrected chi connectivity index (χ4v) is 3.49. The number of rotatable bonds is 10. The van der Waals surface area contributed by atoms with Gasteiger partial charge in [-0.1, -0.05) is 38.1 Å². The molecule has 0 saturated carbocycles. The summed E-state index contributed by atoms with van der Waals surface area (Å²) in [5.74, 6) is 1.51. The minimum Gasteiger partial charge on any atom is -0.379 e. The molecular weight excluding hydrogens is 491 g/mol. The topological polar surface area (TPSA) is 58.1 Å². The van der Waals surface area contributed by atoms with Crippen LogP contribution in [0.25, 0.3) is 0 Å². The number of aliphatic imine (C=N–C) groups is 1. The molecule has 1 unspecified atom stereocenters. The average molecular weight is 533 g/mol. The SMILES string of the molecule is CN=C(NCc1ccc(COC(C)C)cc1)NCC(CC(C)C)N1CCOCC1.I. The third-order valence-corrected chi connectivity index (χ3v) is 5.10. The van der Waals surface area contributed by atoms with Gasteiger partial charge in [0.05, 0.1) is 25.9 Å². The maximum Gasteiger partial charge on any atom is 0.191 e. The predicted molar refractivity (Wildman–Crippen MR) is 136 cm³/mol. The van der Waals surface area contributed by atoms with Crippen LogP contribution in [0.1, 0.15) is 45.2 Å². The van der Waals surface area contributed by atoms with Crippen LogP contribution in [0.5, 0.6) is 0 Å². The second kappa shape index (κ2) is 15.0. The van der Waals surface area contributed by atoms with Crippen molar-refractivity contribution in [2.24, 2.45) is 10.9 Å².